The molecule has 0 atom stereocenters. The van der Waals surface area contributed by atoms with Gasteiger partial charge in [-0.15, -0.1) is 0 Å². The largest absolute Gasteiger partial charge is 0.481 e. The van der Waals surface area contributed by atoms with Crippen LogP contribution >= 0.6 is 0 Å². The minimum absolute atomic E-state index is 0.218. The highest BCUT2D eigenvalue weighted by Crippen LogP contribution is 2.20. The van der Waals surface area contributed by atoms with Crippen LogP contribution in [0.15, 0.2) is 48.5 Å². The van der Waals surface area contributed by atoms with Crippen LogP contribution < -0.4 is 11.3 Å². The van der Waals surface area contributed by atoms with E-state index in [0.29, 0.717) is 0 Å². The van der Waals surface area contributed by atoms with Gasteiger partial charge in [-0.05, 0) is 24.3 Å². The van der Waals surface area contributed by atoms with Crippen molar-refractivity contribution in [3.8, 4) is 11.6 Å². The van der Waals surface area contributed by atoms with Crippen molar-refractivity contribution >= 4 is 33.9 Å². The number of aromatic nitrogens is 4. The van der Waals surface area contributed by atoms with Crippen molar-refractivity contribution in [2.45, 2.75) is 13.8 Å². The fourth-order valence-electron chi connectivity index (χ4n) is 2.13. The Balaban J connectivity index is 0.000000247. The van der Waals surface area contributed by atoms with Crippen molar-refractivity contribution in [2.75, 3.05) is 0 Å². The standard InChI is InChI=1S/C14H10N4.C2H6N2O.C2H4O2/c1-2-6-10-9(5-1)15-13(16-10)14-17-11-7-3-4-8-12(11)18-14;1-2(5)4-3;1-2(3)4/h1-8H,(H,15,16)(H,17,18);3H2,1H3,(H,4,5);1H3,(H,3,4). The number of imidazole rings is 2. The van der Waals surface area contributed by atoms with Crippen molar-refractivity contribution in [3.05, 3.63) is 48.5 Å². The molecule has 9 heteroatoms. The summed E-state index contributed by atoms with van der Waals surface area (Å²) in [6.07, 6.45) is 0. The lowest BCUT2D eigenvalue weighted by molar-refractivity contribution is -0.134. The summed E-state index contributed by atoms with van der Waals surface area (Å²) in [6.45, 7) is 2.43. The highest BCUT2D eigenvalue weighted by molar-refractivity contribution is 5.81. The molecular weight excluding hydrogens is 348 g/mol. The van der Waals surface area contributed by atoms with Crippen LogP contribution in [0.25, 0.3) is 33.7 Å². The predicted octanol–water partition coefficient (Wildman–Crippen LogP) is 2.19. The highest BCUT2D eigenvalue weighted by Gasteiger charge is 2.09. The van der Waals surface area contributed by atoms with Crippen LogP contribution in [0.2, 0.25) is 0 Å². The molecule has 4 aromatic rings. The maximum atomic E-state index is 9.58. The molecule has 9 nitrogen and oxygen atoms in total. The molecule has 0 spiro atoms. The van der Waals surface area contributed by atoms with Crippen LogP contribution in [0.4, 0.5) is 0 Å². The lowest BCUT2D eigenvalue weighted by Crippen LogP contribution is -2.26. The van der Waals surface area contributed by atoms with Crippen molar-refractivity contribution in [3.63, 3.8) is 0 Å². The number of hydrogen-bond donors (Lipinski definition) is 5. The first-order valence-corrected chi connectivity index (χ1v) is 7.97. The Morgan fingerprint density at radius 1 is 0.889 bits per heavy atom. The topological polar surface area (TPSA) is 150 Å². The summed E-state index contributed by atoms with van der Waals surface area (Å²) in [6, 6.07) is 15.9. The monoisotopic (exact) mass is 368 g/mol. The van der Waals surface area contributed by atoms with Gasteiger partial charge in [-0.25, -0.2) is 15.8 Å². The smallest absolute Gasteiger partial charge is 0.300 e. The zero-order chi connectivity index (χ0) is 19.8. The Morgan fingerprint density at radius 3 is 1.52 bits per heavy atom. The van der Waals surface area contributed by atoms with Crippen LogP contribution in [0, 0.1) is 0 Å². The number of carbonyl (C=O) groups excluding carboxylic acids is 1. The second kappa shape index (κ2) is 9.11. The summed E-state index contributed by atoms with van der Waals surface area (Å²) in [4.78, 5) is 34.2. The Labute approximate surface area is 154 Å². The van der Waals surface area contributed by atoms with Gasteiger partial charge in [-0.1, -0.05) is 24.3 Å². The Bertz CT molecular complexity index is 911. The number of nitrogens with zero attached hydrogens (tertiary/aromatic N) is 2. The third-order valence-corrected chi connectivity index (χ3v) is 3.21. The predicted molar refractivity (Wildman–Crippen MR) is 102 cm³/mol. The van der Waals surface area contributed by atoms with E-state index in [0.717, 1.165) is 40.6 Å². The Morgan fingerprint density at radius 2 is 1.22 bits per heavy atom. The van der Waals surface area contributed by atoms with Gasteiger partial charge in [0.1, 0.15) is 0 Å². The number of carbonyl (C=O) groups is 2. The zero-order valence-corrected chi connectivity index (χ0v) is 14.9. The molecule has 0 fully saturated rings. The average molecular weight is 368 g/mol. The Hall–Kier alpha value is -3.72. The van der Waals surface area contributed by atoms with Gasteiger partial charge in [0, 0.05) is 13.8 Å². The van der Waals surface area contributed by atoms with Gasteiger partial charge in [0.25, 0.3) is 5.97 Å². The molecule has 2 aromatic heterocycles. The molecule has 140 valence electrons. The molecule has 1 amide bonds. The summed E-state index contributed by atoms with van der Waals surface area (Å²) < 4.78 is 0. The molecule has 0 saturated heterocycles. The van der Waals surface area contributed by atoms with Crippen LogP contribution in [-0.4, -0.2) is 36.9 Å². The number of aromatic amines is 2. The van der Waals surface area contributed by atoms with E-state index in [1.165, 1.54) is 6.92 Å². The van der Waals surface area contributed by atoms with E-state index in [1.807, 2.05) is 54.0 Å². The minimum Gasteiger partial charge on any atom is -0.481 e. The maximum absolute atomic E-state index is 9.58. The molecule has 4 rings (SSSR count). The van der Waals surface area contributed by atoms with E-state index in [1.54, 1.807) is 0 Å². The highest BCUT2D eigenvalue weighted by atomic mass is 16.4. The first-order valence-electron chi connectivity index (χ1n) is 7.97. The quantitative estimate of drug-likeness (QED) is 0.197. The van der Waals surface area contributed by atoms with E-state index >= 15 is 0 Å². The number of hydrogen-bond acceptors (Lipinski definition) is 5. The number of carboxylic acid groups (broad SMARTS) is 1. The van der Waals surface area contributed by atoms with Crippen molar-refractivity contribution < 1.29 is 14.7 Å². The SMILES string of the molecule is CC(=O)NN.CC(=O)O.c1ccc2[nH]c(-c3nc4ccccc4[nH]3)nc2c1. The molecule has 6 N–H and O–H groups in total. The molecule has 0 bridgehead atoms. The Kier molecular flexibility index (Phi) is 6.61. The molecule has 0 aliphatic carbocycles. The number of fused-ring (bicyclic) bond motifs is 2. The number of hydrazine groups is 1. The van der Waals surface area contributed by atoms with Crippen LogP contribution in [-0.2, 0) is 9.59 Å². The maximum Gasteiger partial charge on any atom is 0.300 e. The molecule has 0 unspecified atom stereocenters. The lowest BCUT2D eigenvalue weighted by Gasteiger charge is -1.86. The summed E-state index contributed by atoms with van der Waals surface area (Å²) in [5.74, 6) is 5.06. The molecule has 0 radical (unpaired) electrons. The van der Waals surface area contributed by atoms with Gasteiger partial charge >= 0.3 is 0 Å². The number of benzene rings is 2. The first kappa shape index (κ1) is 19.6. The van der Waals surface area contributed by atoms with E-state index < -0.39 is 5.97 Å². The molecule has 0 aliphatic heterocycles. The van der Waals surface area contributed by atoms with Crippen LogP contribution in [0.1, 0.15) is 13.8 Å². The fourth-order valence-corrected chi connectivity index (χ4v) is 2.13. The van der Waals surface area contributed by atoms with Gasteiger partial charge in [0.05, 0.1) is 22.1 Å². The van der Waals surface area contributed by atoms with Gasteiger partial charge in [0.2, 0.25) is 5.91 Å². The number of H-pyrrole nitrogens is 2. The molecular formula is C18H20N6O3. The molecule has 0 aliphatic rings. The van der Waals surface area contributed by atoms with E-state index in [-0.39, 0.29) is 5.91 Å². The summed E-state index contributed by atoms with van der Waals surface area (Å²) in [5, 5.41) is 7.42. The second-order valence-corrected chi connectivity index (χ2v) is 5.42. The fraction of sp³-hybridized carbons (Fsp3) is 0.111. The van der Waals surface area contributed by atoms with Gasteiger partial charge in [-0.2, -0.15) is 0 Å². The number of rotatable bonds is 1. The van der Waals surface area contributed by atoms with Crippen molar-refractivity contribution in [1.29, 1.82) is 0 Å². The number of nitrogens with two attached hydrogens (primary N) is 1. The summed E-state index contributed by atoms with van der Waals surface area (Å²) in [5.41, 5.74) is 5.84. The minimum atomic E-state index is -0.833. The molecule has 2 aromatic carbocycles. The van der Waals surface area contributed by atoms with E-state index in [9.17, 15) is 4.79 Å². The van der Waals surface area contributed by atoms with Gasteiger partial charge in [-0.3, -0.25) is 15.0 Å². The molecule has 0 saturated carbocycles. The molecule has 27 heavy (non-hydrogen) atoms. The number of amides is 1. The number of carboxylic acids is 1. The third kappa shape index (κ3) is 5.65. The summed E-state index contributed by atoms with van der Waals surface area (Å²) >= 11 is 0. The third-order valence-electron chi connectivity index (χ3n) is 3.21. The second-order valence-electron chi connectivity index (χ2n) is 5.42. The van der Waals surface area contributed by atoms with Gasteiger partial charge < -0.3 is 15.1 Å². The van der Waals surface area contributed by atoms with Crippen molar-refractivity contribution in [1.82, 2.24) is 25.4 Å². The van der Waals surface area contributed by atoms with Gasteiger partial charge in [0.15, 0.2) is 11.6 Å². The number of nitrogens with one attached hydrogen (secondary N) is 3. The number of para-hydroxylation sites is 4. The normalized spacial score (nSPS) is 9.74. The molecule has 2 heterocycles. The van der Waals surface area contributed by atoms with Crippen LogP contribution in [0.5, 0.6) is 0 Å². The average Bonchev–Trinajstić information content (AvgIpc) is 3.25. The number of aliphatic carboxylic acids is 1. The zero-order valence-electron chi connectivity index (χ0n) is 14.9. The van der Waals surface area contributed by atoms with Crippen molar-refractivity contribution in [2.24, 2.45) is 5.84 Å². The van der Waals surface area contributed by atoms with Crippen LogP contribution in [0.3, 0.4) is 0 Å². The lowest BCUT2D eigenvalue weighted by atomic mass is 10.3. The first-order chi connectivity index (χ1) is 12.9. The van der Waals surface area contributed by atoms with E-state index in [2.05, 4.69) is 25.8 Å². The van der Waals surface area contributed by atoms with E-state index in [4.69, 9.17) is 9.90 Å². The summed E-state index contributed by atoms with van der Waals surface area (Å²) in [7, 11) is 0.